The summed E-state index contributed by atoms with van der Waals surface area (Å²) >= 11 is 0. The number of carbonyl (C=O) groups excluding carboxylic acids is 1. The summed E-state index contributed by atoms with van der Waals surface area (Å²) in [6.45, 7) is 4.33. The molecule has 112 valence electrons. The summed E-state index contributed by atoms with van der Waals surface area (Å²) in [6.07, 6.45) is -4.81. The Morgan fingerprint density at radius 1 is 1.35 bits per heavy atom. The van der Waals surface area contributed by atoms with E-state index in [1.807, 2.05) is 13.8 Å². The molecule has 1 aliphatic heterocycles. The Labute approximate surface area is 114 Å². The normalized spacial score (nSPS) is 24.0. The highest BCUT2D eigenvalue weighted by atomic mass is 19.4. The molecule has 5 nitrogen and oxygen atoms in total. The summed E-state index contributed by atoms with van der Waals surface area (Å²) in [7, 11) is 1.17. The lowest BCUT2D eigenvalue weighted by Gasteiger charge is -2.34. The van der Waals surface area contributed by atoms with E-state index in [1.54, 1.807) is 0 Å². The quantitative estimate of drug-likeness (QED) is 0.791. The van der Waals surface area contributed by atoms with Gasteiger partial charge in [0.15, 0.2) is 5.69 Å². The number of hydrogen-bond acceptors (Lipinski definition) is 3. The fourth-order valence-electron chi connectivity index (χ4n) is 2.34. The van der Waals surface area contributed by atoms with Crippen LogP contribution >= 0.6 is 0 Å². The van der Waals surface area contributed by atoms with E-state index >= 15 is 0 Å². The topological polar surface area (TPSA) is 47.4 Å². The van der Waals surface area contributed by atoms with Gasteiger partial charge >= 0.3 is 6.18 Å². The van der Waals surface area contributed by atoms with Crippen LogP contribution in [0.15, 0.2) is 6.07 Å². The fraction of sp³-hybridized carbons (Fsp3) is 0.667. The lowest BCUT2D eigenvalue weighted by atomic mass is 10.2. The first-order valence-corrected chi connectivity index (χ1v) is 6.24. The van der Waals surface area contributed by atoms with Crippen LogP contribution in [0.5, 0.6) is 0 Å². The maximum Gasteiger partial charge on any atom is 0.433 e. The number of aryl methyl sites for hydroxylation is 1. The molecule has 1 aliphatic rings. The third-order valence-electron chi connectivity index (χ3n) is 3.10. The van der Waals surface area contributed by atoms with Crippen molar-refractivity contribution >= 4 is 5.91 Å². The second kappa shape index (κ2) is 5.08. The molecule has 2 atom stereocenters. The van der Waals surface area contributed by atoms with Crippen LogP contribution < -0.4 is 0 Å². The predicted octanol–water partition coefficient (Wildman–Crippen LogP) is 1.69. The first kappa shape index (κ1) is 14.8. The number of halogens is 3. The van der Waals surface area contributed by atoms with Gasteiger partial charge in [-0.1, -0.05) is 0 Å². The van der Waals surface area contributed by atoms with E-state index < -0.39 is 17.8 Å². The smallest absolute Gasteiger partial charge is 0.372 e. The second-order valence-electron chi connectivity index (χ2n) is 5.00. The molecule has 0 aromatic carbocycles. The minimum Gasteiger partial charge on any atom is -0.372 e. The Morgan fingerprint density at radius 3 is 2.35 bits per heavy atom. The molecule has 1 saturated heterocycles. The van der Waals surface area contributed by atoms with E-state index in [0.717, 1.165) is 6.07 Å². The van der Waals surface area contributed by atoms with E-state index in [-0.39, 0.29) is 17.9 Å². The monoisotopic (exact) mass is 291 g/mol. The van der Waals surface area contributed by atoms with Crippen molar-refractivity contribution in [3.8, 4) is 0 Å². The number of morpholine rings is 1. The molecule has 8 heteroatoms. The number of amides is 1. The van der Waals surface area contributed by atoms with Crippen molar-refractivity contribution < 1.29 is 22.7 Å². The summed E-state index contributed by atoms with van der Waals surface area (Å²) in [5, 5.41) is 3.67. The Kier molecular flexibility index (Phi) is 3.77. The molecule has 1 amide bonds. The molecule has 1 aromatic heterocycles. The highest BCUT2D eigenvalue weighted by Gasteiger charge is 2.37. The highest BCUT2D eigenvalue weighted by Crippen LogP contribution is 2.29. The summed E-state index contributed by atoms with van der Waals surface area (Å²) in [4.78, 5) is 13.7. The molecule has 0 radical (unpaired) electrons. The molecule has 0 unspecified atom stereocenters. The third-order valence-corrected chi connectivity index (χ3v) is 3.10. The van der Waals surface area contributed by atoms with Gasteiger partial charge in [-0.2, -0.15) is 18.3 Å². The summed E-state index contributed by atoms with van der Waals surface area (Å²) in [5.41, 5.74) is -1.13. The van der Waals surface area contributed by atoms with Crippen LogP contribution in [0, 0.1) is 0 Å². The van der Waals surface area contributed by atoms with Gasteiger partial charge in [0.25, 0.3) is 5.91 Å². The average molecular weight is 291 g/mol. The van der Waals surface area contributed by atoms with Crippen LogP contribution in [-0.2, 0) is 18.0 Å². The number of hydrogen-bond donors (Lipinski definition) is 0. The van der Waals surface area contributed by atoms with E-state index in [0.29, 0.717) is 17.8 Å². The Bertz CT molecular complexity index is 503. The van der Waals surface area contributed by atoms with Crippen molar-refractivity contribution in [1.82, 2.24) is 14.7 Å². The van der Waals surface area contributed by atoms with Crippen molar-refractivity contribution in [3.05, 3.63) is 17.5 Å². The average Bonchev–Trinajstić information content (AvgIpc) is 2.68. The maximum absolute atomic E-state index is 12.7. The van der Waals surface area contributed by atoms with Gasteiger partial charge in [-0.25, -0.2) is 0 Å². The molecule has 0 spiro atoms. The minimum absolute atomic E-state index is 0.145. The SMILES string of the molecule is C[C@H]1CN(C(=O)c2cc(C(F)(F)F)n(C)n2)C[C@H](C)O1. The summed E-state index contributed by atoms with van der Waals surface area (Å²) in [6, 6.07) is 0.785. The molecule has 0 bridgehead atoms. The number of alkyl halides is 3. The van der Waals surface area contributed by atoms with Crippen LogP contribution in [0.4, 0.5) is 13.2 Å². The minimum atomic E-state index is -4.52. The first-order chi connectivity index (χ1) is 9.18. The van der Waals surface area contributed by atoms with Crippen molar-refractivity contribution in [2.75, 3.05) is 13.1 Å². The van der Waals surface area contributed by atoms with Gasteiger partial charge < -0.3 is 9.64 Å². The Hall–Kier alpha value is -1.57. The van der Waals surface area contributed by atoms with E-state index in [9.17, 15) is 18.0 Å². The molecule has 1 aromatic rings. The molecule has 1 fully saturated rings. The van der Waals surface area contributed by atoms with Crippen LogP contribution in [0.25, 0.3) is 0 Å². The first-order valence-electron chi connectivity index (χ1n) is 6.24. The molecule has 20 heavy (non-hydrogen) atoms. The van der Waals surface area contributed by atoms with E-state index in [4.69, 9.17) is 4.74 Å². The number of carbonyl (C=O) groups is 1. The standard InChI is InChI=1S/C12H16F3N3O2/c1-7-5-18(6-8(2)20-7)11(19)9-4-10(12(13,14)15)17(3)16-9/h4,7-8H,5-6H2,1-3H3/t7-,8-/m0/s1. The van der Waals surface area contributed by atoms with Crippen molar-refractivity contribution in [3.63, 3.8) is 0 Å². The molecule has 2 heterocycles. The fourth-order valence-corrected chi connectivity index (χ4v) is 2.34. The maximum atomic E-state index is 12.7. The van der Waals surface area contributed by atoms with Gasteiger partial charge in [0.1, 0.15) is 5.69 Å². The van der Waals surface area contributed by atoms with Crippen molar-refractivity contribution in [2.45, 2.75) is 32.2 Å². The second-order valence-corrected chi connectivity index (χ2v) is 5.00. The van der Waals surface area contributed by atoms with Crippen molar-refractivity contribution in [1.29, 1.82) is 0 Å². The predicted molar refractivity (Wildman–Crippen MR) is 64.1 cm³/mol. The number of ether oxygens (including phenoxy) is 1. The van der Waals surface area contributed by atoms with Gasteiger partial charge in [-0.3, -0.25) is 9.48 Å². The van der Waals surface area contributed by atoms with Gasteiger partial charge in [0.2, 0.25) is 0 Å². The van der Waals surface area contributed by atoms with Gasteiger partial charge in [-0.05, 0) is 13.8 Å². The number of nitrogens with zero attached hydrogens (tertiary/aromatic N) is 3. The zero-order valence-corrected chi connectivity index (χ0v) is 11.4. The van der Waals surface area contributed by atoms with Crippen LogP contribution in [-0.4, -0.2) is 45.9 Å². The van der Waals surface area contributed by atoms with Crippen LogP contribution in [0.3, 0.4) is 0 Å². The van der Waals surface area contributed by atoms with Crippen LogP contribution in [0.2, 0.25) is 0 Å². The zero-order valence-electron chi connectivity index (χ0n) is 11.4. The zero-order chi connectivity index (χ0) is 15.1. The third kappa shape index (κ3) is 2.95. The molecular formula is C12H16F3N3O2. The molecule has 0 N–H and O–H groups in total. The van der Waals surface area contributed by atoms with Gasteiger partial charge in [0, 0.05) is 26.2 Å². The molecular weight excluding hydrogens is 275 g/mol. The summed E-state index contributed by atoms with van der Waals surface area (Å²) in [5.74, 6) is -0.502. The molecule has 0 aliphatic carbocycles. The lowest BCUT2D eigenvalue weighted by Crippen LogP contribution is -2.48. The Morgan fingerprint density at radius 2 is 1.90 bits per heavy atom. The largest absolute Gasteiger partial charge is 0.433 e. The van der Waals surface area contributed by atoms with Gasteiger partial charge in [-0.15, -0.1) is 0 Å². The Balaban J connectivity index is 2.21. The van der Waals surface area contributed by atoms with Crippen LogP contribution in [0.1, 0.15) is 30.0 Å². The number of rotatable bonds is 1. The van der Waals surface area contributed by atoms with Gasteiger partial charge in [0.05, 0.1) is 12.2 Å². The lowest BCUT2D eigenvalue weighted by molar-refractivity contribution is -0.143. The van der Waals surface area contributed by atoms with E-state index in [1.165, 1.54) is 11.9 Å². The summed E-state index contributed by atoms with van der Waals surface area (Å²) < 4.78 is 44.2. The molecule has 2 rings (SSSR count). The number of aromatic nitrogens is 2. The molecule has 0 saturated carbocycles. The highest BCUT2D eigenvalue weighted by molar-refractivity contribution is 5.92. The van der Waals surface area contributed by atoms with E-state index in [2.05, 4.69) is 5.10 Å². The van der Waals surface area contributed by atoms with Crippen molar-refractivity contribution in [2.24, 2.45) is 7.05 Å².